The van der Waals surface area contributed by atoms with Crippen molar-refractivity contribution in [1.29, 1.82) is 0 Å². The van der Waals surface area contributed by atoms with E-state index in [2.05, 4.69) is 65.7 Å². The maximum absolute atomic E-state index is 3.47. The minimum Gasteiger partial charge on any atom is -0.313 e. The summed E-state index contributed by atoms with van der Waals surface area (Å²) in [5.74, 6) is 0. The Morgan fingerprint density at radius 2 is 1.67 bits per heavy atom. The molecule has 2 nitrogen and oxygen atoms in total. The van der Waals surface area contributed by atoms with Crippen molar-refractivity contribution in [2.75, 3.05) is 6.54 Å². The molecule has 110 valence electrons. The molecule has 0 amide bonds. The number of hydrogen-bond donors (Lipinski definition) is 1. The topological polar surface area (TPSA) is 15.3 Å². The molecule has 0 aliphatic carbocycles. The molecule has 0 fully saturated rings. The molecule has 0 saturated carbocycles. The maximum atomic E-state index is 3.47. The van der Waals surface area contributed by atoms with Crippen LogP contribution in [0.1, 0.15) is 35.6 Å². The highest BCUT2D eigenvalue weighted by atomic mass is 15.1. The van der Waals surface area contributed by atoms with Gasteiger partial charge in [-0.05, 0) is 35.2 Å². The summed E-state index contributed by atoms with van der Waals surface area (Å²) in [7, 11) is 0. The molecule has 0 bridgehead atoms. The van der Waals surface area contributed by atoms with Gasteiger partial charge in [0.05, 0.1) is 0 Å². The molecule has 0 aromatic heterocycles. The second kappa shape index (κ2) is 6.88. The molecule has 1 N–H and O–H groups in total. The van der Waals surface area contributed by atoms with E-state index in [1.54, 1.807) is 0 Å². The maximum Gasteiger partial charge on any atom is 0.0244 e. The summed E-state index contributed by atoms with van der Waals surface area (Å²) in [6.07, 6.45) is 1.19. The predicted octanol–water partition coefficient (Wildman–Crippen LogP) is 3.70. The van der Waals surface area contributed by atoms with E-state index in [1.165, 1.54) is 28.7 Å². The lowest BCUT2D eigenvalue weighted by Crippen LogP contribution is -2.17. The van der Waals surface area contributed by atoms with Crippen molar-refractivity contribution < 1.29 is 0 Å². The summed E-state index contributed by atoms with van der Waals surface area (Å²) in [4.78, 5) is 2.52. The number of benzene rings is 2. The lowest BCUT2D eigenvalue weighted by atomic mass is 10.1. The van der Waals surface area contributed by atoms with E-state index in [-0.39, 0.29) is 0 Å². The summed E-state index contributed by atoms with van der Waals surface area (Å²) >= 11 is 0. The van der Waals surface area contributed by atoms with Gasteiger partial charge in [-0.1, -0.05) is 55.5 Å². The molecular weight excluding hydrogens is 256 g/mol. The minimum absolute atomic E-state index is 0.974. The molecule has 0 unspecified atom stereocenters. The van der Waals surface area contributed by atoms with Crippen molar-refractivity contribution in [3.8, 4) is 0 Å². The van der Waals surface area contributed by atoms with Gasteiger partial charge in [0, 0.05) is 26.2 Å². The Bertz CT molecular complexity index is 567. The zero-order chi connectivity index (χ0) is 14.5. The Kier molecular flexibility index (Phi) is 4.69. The van der Waals surface area contributed by atoms with Crippen LogP contribution in [0.3, 0.4) is 0 Å². The number of nitrogens with zero attached hydrogens (tertiary/aromatic N) is 1. The first-order chi connectivity index (χ1) is 10.3. The van der Waals surface area contributed by atoms with Crippen LogP contribution in [0.4, 0.5) is 0 Å². The molecule has 2 heteroatoms. The quantitative estimate of drug-likeness (QED) is 0.812. The van der Waals surface area contributed by atoms with Crippen molar-refractivity contribution in [3.63, 3.8) is 0 Å². The Morgan fingerprint density at radius 3 is 2.38 bits per heavy atom. The Morgan fingerprint density at radius 1 is 0.952 bits per heavy atom. The fourth-order valence-electron chi connectivity index (χ4n) is 3.02. The van der Waals surface area contributed by atoms with Gasteiger partial charge in [-0.2, -0.15) is 0 Å². The van der Waals surface area contributed by atoms with Gasteiger partial charge < -0.3 is 5.32 Å². The minimum atomic E-state index is 0.974. The SMILES string of the molecule is CCCNCc1cccc(CN2Cc3ccccc3C2)c1. The summed E-state index contributed by atoms with van der Waals surface area (Å²) < 4.78 is 0. The summed E-state index contributed by atoms with van der Waals surface area (Å²) in [6, 6.07) is 17.8. The first-order valence-corrected chi connectivity index (χ1v) is 7.93. The molecule has 2 aromatic carbocycles. The first kappa shape index (κ1) is 14.3. The lowest BCUT2D eigenvalue weighted by molar-refractivity contribution is 0.275. The zero-order valence-corrected chi connectivity index (χ0v) is 12.8. The van der Waals surface area contributed by atoms with E-state index in [4.69, 9.17) is 0 Å². The van der Waals surface area contributed by atoms with Gasteiger partial charge in [0.1, 0.15) is 0 Å². The van der Waals surface area contributed by atoms with Crippen LogP contribution in [0.15, 0.2) is 48.5 Å². The summed E-state index contributed by atoms with van der Waals surface area (Å²) in [5.41, 5.74) is 5.77. The second-order valence-corrected chi connectivity index (χ2v) is 5.91. The standard InChI is InChI=1S/C19H24N2/c1-2-10-20-12-16-6-5-7-17(11-16)13-21-14-18-8-3-4-9-19(18)15-21/h3-9,11,20H,2,10,12-15H2,1H3. The van der Waals surface area contributed by atoms with Crippen molar-refractivity contribution in [3.05, 3.63) is 70.8 Å². The van der Waals surface area contributed by atoms with Crippen LogP contribution in [-0.4, -0.2) is 11.4 Å². The van der Waals surface area contributed by atoms with E-state index in [0.29, 0.717) is 0 Å². The number of hydrogen-bond acceptors (Lipinski definition) is 2. The number of fused-ring (bicyclic) bond motifs is 1. The first-order valence-electron chi connectivity index (χ1n) is 7.93. The van der Waals surface area contributed by atoms with E-state index in [1.807, 2.05) is 0 Å². The van der Waals surface area contributed by atoms with E-state index < -0.39 is 0 Å². The summed E-state index contributed by atoms with van der Waals surface area (Å²) in [5, 5.41) is 3.47. The van der Waals surface area contributed by atoms with Gasteiger partial charge in [0.15, 0.2) is 0 Å². The van der Waals surface area contributed by atoms with Crippen LogP contribution in [0.5, 0.6) is 0 Å². The average Bonchev–Trinajstić information content (AvgIpc) is 2.90. The van der Waals surface area contributed by atoms with Gasteiger partial charge in [-0.15, -0.1) is 0 Å². The van der Waals surface area contributed by atoms with E-state index >= 15 is 0 Å². The molecular formula is C19H24N2. The van der Waals surface area contributed by atoms with E-state index in [9.17, 15) is 0 Å². The molecule has 0 spiro atoms. The van der Waals surface area contributed by atoms with Crippen molar-refractivity contribution in [2.45, 2.75) is 39.5 Å². The molecule has 0 radical (unpaired) electrons. The van der Waals surface area contributed by atoms with E-state index in [0.717, 1.165) is 32.7 Å². The van der Waals surface area contributed by atoms with Gasteiger partial charge in [0.2, 0.25) is 0 Å². The van der Waals surface area contributed by atoms with Crippen LogP contribution in [-0.2, 0) is 26.2 Å². The Labute approximate surface area is 127 Å². The molecule has 2 aromatic rings. The largest absolute Gasteiger partial charge is 0.313 e. The molecule has 0 atom stereocenters. The number of nitrogens with one attached hydrogen (secondary N) is 1. The lowest BCUT2D eigenvalue weighted by Gasteiger charge is -2.15. The monoisotopic (exact) mass is 280 g/mol. The van der Waals surface area contributed by atoms with Crippen LogP contribution in [0, 0.1) is 0 Å². The molecule has 21 heavy (non-hydrogen) atoms. The summed E-state index contributed by atoms with van der Waals surface area (Å²) in [6.45, 7) is 7.46. The molecule has 1 aliphatic heterocycles. The highest BCUT2D eigenvalue weighted by molar-refractivity contribution is 5.31. The average molecular weight is 280 g/mol. The van der Waals surface area contributed by atoms with Gasteiger partial charge in [-0.25, -0.2) is 0 Å². The van der Waals surface area contributed by atoms with Crippen LogP contribution < -0.4 is 5.32 Å². The van der Waals surface area contributed by atoms with Crippen molar-refractivity contribution in [1.82, 2.24) is 10.2 Å². The third-order valence-corrected chi connectivity index (χ3v) is 4.06. The second-order valence-electron chi connectivity index (χ2n) is 5.91. The fraction of sp³-hybridized carbons (Fsp3) is 0.368. The number of rotatable bonds is 6. The molecule has 1 heterocycles. The highest BCUT2D eigenvalue weighted by Gasteiger charge is 2.17. The highest BCUT2D eigenvalue weighted by Crippen LogP contribution is 2.24. The Balaban J connectivity index is 1.60. The zero-order valence-electron chi connectivity index (χ0n) is 12.8. The van der Waals surface area contributed by atoms with Gasteiger partial charge >= 0.3 is 0 Å². The van der Waals surface area contributed by atoms with Gasteiger partial charge in [0.25, 0.3) is 0 Å². The van der Waals surface area contributed by atoms with Crippen LogP contribution in [0.25, 0.3) is 0 Å². The third kappa shape index (κ3) is 3.72. The van der Waals surface area contributed by atoms with Crippen molar-refractivity contribution in [2.24, 2.45) is 0 Å². The third-order valence-electron chi connectivity index (χ3n) is 4.06. The molecule has 0 saturated heterocycles. The smallest absolute Gasteiger partial charge is 0.0244 e. The molecule has 1 aliphatic rings. The van der Waals surface area contributed by atoms with Crippen LogP contribution >= 0.6 is 0 Å². The van der Waals surface area contributed by atoms with Crippen LogP contribution in [0.2, 0.25) is 0 Å². The van der Waals surface area contributed by atoms with Gasteiger partial charge in [-0.3, -0.25) is 4.90 Å². The normalized spacial score (nSPS) is 14.3. The van der Waals surface area contributed by atoms with Crippen molar-refractivity contribution >= 4 is 0 Å². The fourth-order valence-corrected chi connectivity index (χ4v) is 3.02. The Hall–Kier alpha value is -1.64. The molecule has 3 rings (SSSR count). The predicted molar refractivity (Wildman–Crippen MR) is 87.8 cm³/mol.